The Bertz CT molecular complexity index is 379. The van der Waals surface area contributed by atoms with Crippen LogP contribution in [-0.2, 0) is 11.4 Å². The smallest absolute Gasteiger partial charge is 0.311 e. The molecule has 1 aromatic heterocycles. The van der Waals surface area contributed by atoms with Crippen LogP contribution in [0, 0.1) is 0 Å². The van der Waals surface area contributed by atoms with Crippen LogP contribution in [0.3, 0.4) is 0 Å². The fraction of sp³-hybridized carbons (Fsp3) is 0.333. The van der Waals surface area contributed by atoms with Crippen molar-refractivity contribution >= 4 is 5.97 Å². The van der Waals surface area contributed by atoms with Gasteiger partial charge in [0.15, 0.2) is 0 Å². The molecule has 0 aromatic carbocycles. The van der Waals surface area contributed by atoms with Crippen molar-refractivity contribution in [3.63, 3.8) is 0 Å². The van der Waals surface area contributed by atoms with E-state index in [0.29, 0.717) is 0 Å². The van der Waals surface area contributed by atoms with Gasteiger partial charge < -0.3 is 14.3 Å². The first-order valence-electron chi connectivity index (χ1n) is 4.10. The molecule has 0 spiro atoms. The molecule has 0 bridgehead atoms. The lowest BCUT2D eigenvalue weighted by atomic mass is 10.4. The maximum absolute atomic E-state index is 11.2. The van der Waals surface area contributed by atoms with Gasteiger partial charge in [0.2, 0.25) is 11.2 Å². The highest BCUT2D eigenvalue weighted by atomic mass is 16.5. The zero-order chi connectivity index (χ0) is 10.6. The highest BCUT2D eigenvalue weighted by molar-refractivity contribution is 5.71. The molecule has 5 heteroatoms. The van der Waals surface area contributed by atoms with Gasteiger partial charge in [0.1, 0.15) is 18.6 Å². The molecule has 1 heterocycles. The number of aliphatic hydroxyl groups excluding tert-OH is 1. The Kier molecular flexibility index (Phi) is 3.41. The lowest BCUT2D eigenvalue weighted by molar-refractivity contribution is -0.134. The van der Waals surface area contributed by atoms with Crippen LogP contribution in [0.25, 0.3) is 0 Å². The first-order valence-corrected chi connectivity index (χ1v) is 4.10. The molecule has 0 fully saturated rings. The highest BCUT2D eigenvalue weighted by Crippen LogP contribution is 2.06. The number of rotatable bonds is 3. The van der Waals surface area contributed by atoms with Gasteiger partial charge in [-0.2, -0.15) is 0 Å². The van der Waals surface area contributed by atoms with E-state index >= 15 is 0 Å². The molecule has 0 radical (unpaired) electrons. The molecular formula is C9H10O5. The molecule has 0 saturated carbocycles. The zero-order valence-electron chi connectivity index (χ0n) is 7.65. The van der Waals surface area contributed by atoms with Crippen LogP contribution in [0.2, 0.25) is 0 Å². The highest BCUT2D eigenvalue weighted by Gasteiger charge is 2.07. The van der Waals surface area contributed by atoms with E-state index in [4.69, 9.17) is 9.52 Å². The molecule has 14 heavy (non-hydrogen) atoms. The summed E-state index contributed by atoms with van der Waals surface area (Å²) in [6.07, 6.45) is 1.20. The van der Waals surface area contributed by atoms with E-state index < -0.39 is 11.4 Å². The number of aliphatic hydroxyl groups is 1. The third-order valence-corrected chi connectivity index (χ3v) is 1.52. The summed E-state index contributed by atoms with van der Waals surface area (Å²) in [6.45, 7) is 1.25. The maximum Gasteiger partial charge on any atom is 0.311 e. The number of carbonyl (C=O) groups is 1. The molecule has 1 N–H and O–H groups in total. The van der Waals surface area contributed by atoms with Crippen molar-refractivity contribution < 1.29 is 19.1 Å². The van der Waals surface area contributed by atoms with Crippen LogP contribution in [-0.4, -0.2) is 11.1 Å². The molecule has 0 unspecified atom stereocenters. The molecule has 76 valence electrons. The Balaban J connectivity index is 2.89. The second-order valence-electron chi connectivity index (χ2n) is 2.56. The second kappa shape index (κ2) is 4.57. The Morgan fingerprint density at radius 2 is 2.36 bits per heavy atom. The standard InChI is InChI=1S/C9H10O5/c1-2-9(12)14-8-5-13-6(4-10)3-7(8)11/h3,5,10H,2,4H2,1H3. The SMILES string of the molecule is CCC(=O)Oc1coc(CO)cc1=O. The summed E-state index contributed by atoms with van der Waals surface area (Å²) in [7, 11) is 0. The van der Waals surface area contributed by atoms with Crippen LogP contribution >= 0.6 is 0 Å². The van der Waals surface area contributed by atoms with Crippen LogP contribution in [0.15, 0.2) is 21.5 Å². The summed E-state index contributed by atoms with van der Waals surface area (Å²) in [5.41, 5.74) is -0.484. The molecule has 0 aliphatic rings. The molecule has 0 amide bonds. The van der Waals surface area contributed by atoms with Gasteiger partial charge in [-0.25, -0.2) is 0 Å². The third kappa shape index (κ3) is 2.43. The summed E-state index contributed by atoms with van der Waals surface area (Å²) in [5.74, 6) is -0.533. The number of esters is 1. The lowest BCUT2D eigenvalue weighted by Crippen LogP contribution is -2.13. The zero-order valence-corrected chi connectivity index (χ0v) is 7.65. The topological polar surface area (TPSA) is 76.7 Å². The normalized spacial score (nSPS) is 9.86. The van der Waals surface area contributed by atoms with Gasteiger partial charge >= 0.3 is 5.97 Å². The van der Waals surface area contributed by atoms with Gasteiger partial charge in [-0.1, -0.05) is 6.92 Å². The summed E-state index contributed by atoms with van der Waals surface area (Å²) in [5, 5.41) is 8.64. The van der Waals surface area contributed by atoms with Gasteiger partial charge in [-0.3, -0.25) is 9.59 Å². The van der Waals surface area contributed by atoms with Gasteiger partial charge in [0, 0.05) is 12.5 Å². The summed E-state index contributed by atoms with van der Waals surface area (Å²) in [6, 6.07) is 1.08. The van der Waals surface area contributed by atoms with Gasteiger partial charge in [0.25, 0.3) is 0 Å². The Morgan fingerprint density at radius 1 is 1.64 bits per heavy atom. The van der Waals surface area contributed by atoms with Crippen molar-refractivity contribution in [3.8, 4) is 5.75 Å². The maximum atomic E-state index is 11.2. The van der Waals surface area contributed by atoms with Crippen molar-refractivity contribution in [2.75, 3.05) is 0 Å². The molecule has 0 atom stereocenters. The van der Waals surface area contributed by atoms with Crippen LogP contribution in [0.4, 0.5) is 0 Å². The van der Waals surface area contributed by atoms with E-state index in [0.717, 1.165) is 12.3 Å². The molecule has 1 rings (SSSR count). The minimum Gasteiger partial charge on any atom is -0.463 e. The molecule has 0 aliphatic carbocycles. The van der Waals surface area contributed by atoms with Crippen LogP contribution < -0.4 is 10.2 Å². The van der Waals surface area contributed by atoms with Gasteiger partial charge in [-0.05, 0) is 0 Å². The van der Waals surface area contributed by atoms with Crippen molar-refractivity contribution in [3.05, 3.63) is 28.3 Å². The first kappa shape index (κ1) is 10.5. The van der Waals surface area contributed by atoms with Crippen molar-refractivity contribution in [1.82, 2.24) is 0 Å². The number of hydrogen-bond acceptors (Lipinski definition) is 5. The van der Waals surface area contributed by atoms with E-state index in [1.165, 1.54) is 0 Å². The van der Waals surface area contributed by atoms with Crippen molar-refractivity contribution in [1.29, 1.82) is 0 Å². The number of ether oxygens (including phenoxy) is 1. The third-order valence-electron chi connectivity index (χ3n) is 1.52. The predicted octanol–water partition coefficient (Wildman–Crippen LogP) is 0.447. The van der Waals surface area contributed by atoms with E-state index in [-0.39, 0.29) is 24.5 Å². The average molecular weight is 198 g/mol. The minimum absolute atomic E-state index is 0.131. The predicted molar refractivity (Wildman–Crippen MR) is 46.8 cm³/mol. The fourth-order valence-corrected chi connectivity index (χ4v) is 0.791. The van der Waals surface area contributed by atoms with Crippen LogP contribution in [0.1, 0.15) is 19.1 Å². The molecule has 0 aliphatic heterocycles. The van der Waals surface area contributed by atoms with E-state index in [2.05, 4.69) is 4.74 Å². The van der Waals surface area contributed by atoms with Crippen molar-refractivity contribution in [2.45, 2.75) is 20.0 Å². The Labute approximate surface area is 79.9 Å². The Morgan fingerprint density at radius 3 is 2.86 bits per heavy atom. The second-order valence-corrected chi connectivity index (χ2v) is 2.56. The average Bonchev–Trinajstić information content (AvgIpc) is 2.20. The molecule has 1 aromatic rings. The first-order chi connectivity index (χ1) is 6.67. The molecule has 0 saturated heterocycles. The summed E-state index contributed by atoms with van der Waals surface area (Å²) < 4.78 is 9.47. The Hall–Kier alpha value is -1.62. The largest absolute Gasteiger partial charge is 0.463 e. The number of hydrogen-bond donors (Lipinski definition) is 1. The van der Waals surface area contributed by atoms with Gasteiger partial charge in [0.05, 0.1) is 0 Å². The van der Waals surface area contributed by atoms with E-state index in [1.807, 2.05) is 0 Å². The van der Waals surface area contributed by atoms with Crippen LogP contribution in [0.5, 0.6) is 5.75 Å². The quantitative estimate of drug-likeness (QED) is 0.713. The molecular weight excluding hydrogens is 188 g/mol. The fourth-order valence-electron chi connectivity index (χ4n) is 0.791. The summed E-state index contributed by atoms with van der Waals surface area (Å²) in [4.78, 5) is 22.0. The number of carbonyl (C=O) groups excluding carboxylic acids is 1. The lowest BCUT2D eigenvalue weighted by Gasteiger charge is -2.01. The summed E-state index contributed by atoms with van der Waals surface area (Å²) >= 11 is 0. The minimum atomic E-state index is -0.506. The molecule has 5 nitrogen and oxygen atoms in total. The van der Waals surface area contributed by atoms with Gasteiger partial charge in [-0.15, -0.1) is 0 Å². The van der Waals surface area contributed by atoms with E-state index in [1.54, 1.807) is 6.92 Å². The monoisotopic (exact) mass is 198 g/mol. The van der Waals surface area contributed by atoms with E-state index in [9.17, 15) is 9.59 Å². The van der Waals surface area contributed by atoms with Crippen molar-refractivity contribution in [2.24, 2.45) is 0 Å².